The molecular formula is C21H14ClN3O2S. The largest absolute Gasteiger partial charge is 0.490 e. The van der Waals surface area contributed by atoms with Gasteiger partial charge in [-0.25, -0.2) is 9.97 Å². The third kappa shape index (κ3) is 3.50. The Morgan fingerprint density at radius 2 is 1.93 bits per heavy atom. The van der Waals surface area contributed by atoms with Crippen molar-refractivity contribution in [1.82, 2.24) is 9.97 Å². The minimum absolute atomic E-state index is 0.432. The number of halogens is 1. The molecule has 0 radical (unpaired) electrons. The van der Waals surface area contributed by atoms with E-state index in [1.54, 1.807) is 18.2 Å². The molecule has 0 aliphatic heterocycles. The highest BCUT2D eigenvalue weighted by Crippen LogP contribution is 2.41. The van der Waals surface area contributed by atoms with Crippen molar-refractivity contribution in [3.05, 3.63) is 64.8 Å². The minimum atomic E-state index is 0.432. The molecule has 2 aromatic heterocycles. The van der Waals surface area contributed by atoms with Crippen LogP contribution in [-0.2, 0) is 0 Å². The van der Waals surface area contributed by atoms with Crippen molar-refractivity contribution in [2.24, 2.45) is 0 Å². The maximum absolute atomic E-state index is 9.13. The summed E-state index contributed by atoms with van der Waals surface area (Å²) >= 11 is 7.54. The Morgan fingerprint density at radius 3 is 2.68 bits per heavy atom. The van der Waals surface area contributed by atoms with Crippen LogP contribution in [0, 0.1) is 11.3 Å². The van der Waals surface area contributed by atoms with Gasteiger partial charge in [-0.05, 0) is 36.8 Å². The fraction of sp³-hybridized carbons (Fsp3) is 0.0952. The van der Waals surface area contributed by atoms with Gasteiger partial charge in [0, 0.05) is 22.0 Å². The van der Waals surface area contributed by atoms with E-state index in [4.69, 9.17) is 26.3 Å². The first-order valence-electron chi connectivity index (χ1n) is 8.52. The van der Waals surface area contributed by atoms with Crippen LogP contribution in [-0.4, -0.2) is 16.6 Å². The summed E-state index contributed by atoms with van der Waals surface area (Å²) in [6, 6.07) is 14.8. The van der Waals surface area contributed by atoms with Gasteiger partial charge in [-0.15, -0.1) is 11.3 Å². The van der Waals surface area contributed by atoms with E-state index >= 15 is 0 Å². The van der Waals surface area contributed by atoms with Crippen LogP contribution >= 0.6 is 22.9 Å². The molecule has 0 atom stereocenters. The van der Waals surface area contributed by atoms with Gasteiger partial charge >= 0.3 is 0 Å². The average Bonchev–Trinajstić information content (AvgIpc) is 3.15. The van der Waals surface area contributed by atoms with Crippen molar-refractivity contribution in [3.8, 4) is 34.6 Å². The molecule has 0 saturated heterocycles. The molecule has 4 aromatic rings. The predicted octanol–water partition coefficient (Wildman–Crippen LogP) is 6.07. The molecule has 2 heterocycles. The fourth-order valence-corrected chi connectivity index (χ4v) is 3.83. The van der Waals surface area contributed by atoms with Crippen LogP contribution in [0.2, 0.25) is 5.02 Å². The molecule has 0 unspecified atom stereocenters. The second-order valence-electron chi connectivity index (χ2n) is 5.82. The number of ether oxygens (including phenoxy) is 2. The van der Waals surface area contributed by atoms with E-state index < -0.39 is 0 Å². The Hall–Kier alpha value is -3.14. The Bertz CT molecular complexity index is 1180. The van der Waals surface area contributed by atoms with Crippen molar-refractivity contribution in [1.29, 1.82) is 5.26 Å². The predicted molar refractivity (Wildman–Crippen MR) is 110 cm³/mol. The fourth-order valence-electron chi connectivity index (χ4n) is 2.80. The summed E-state index contributed by atoms with van der Waals surface area (Å²) in [5, 5.41) is 12.7. The van der Waals surface area contributed by atoms with Gasteiger partial charge < -0.3 is 9.47 Å². The number of benzene rings is 2. The third-order valence-corrected chi connectivity index (χ3v) is 5.21. The van der Waals surface area contributed by atoms with Crippen molar-refractivity contribution in [2.45, 2.75) is 6.92 Å². The first-order chi connectivity index (χ1) is 13.7. The number of fused-ring (bicyclic) bond motifs is 1. The monoisotopic (exact) mass is 407 g/mol. The molecule has 0 N–H and O–H groups in total. The van der Waals surface area contributed by atoms with Gasteiger partial charge in [0.1, 0.15) is 11.2 Å². The van der Waals surface area contributed by atoms with E-state index in [0.717, 1.165) is 21.3 Å². The SMILES string of the molecule is CCOc1cc(C#N)ccc1Oc1ncnc2scc(-c3ccc(Cl)cc3)c12. The lowest BCUT2D eigenvalue weighted by Crippen LogP contribution is -1.97. The standard InChI is InChI=1S/C21H14ClN3O2S/c1-2-26-18-9-13(10-23)3-8-17(18)27-20-19-16(11-28-21(19)25-12-24-20)14-4-6-15(22)7-5-14/h3-9,11-12H,2H2,1H3. The average molecular weight is 408 g/mol. The van der Waals surface area contributed by atoms with Gasteiger partial charge in [0.15, 0.2) is 11.5 Å². The minimum Gasteiger partial charge on any atom is -0.490 e. The highest BCUT2D eigenvalue weighted by atomic mass is 35.5. The zero-order chi connectivity index (χ0) is 19.5. The molecule has 2 aromatic carbocycles. The number of nitrogens with zero attached hydrogens (tertiary/aromatic N) is 3. The first-order valence-corrected chi connectivity index (χ1v) is 9.78. The van der Waals surface area contributed by atoms with Crippen LogP contribution < -0.4 is 9.47 Å². The molecule has 0 aliphatic rings. The van der Waals surface area contributed by atoms with Crippen LogP contribution in [0.25, 0.3) is 21.3 Å². The summed E-state index contributed by atoms with van der Waals surface area (Å²) < 4.78 is 11.8. The van der Waals surface area contributed by atoms with Gasteiger partial charge in [0.2, 0.25) is 5.88 Å². The van der Waals surface area contributed by atoms with Crippen LogP contribution in [0.3, 0.4) is 0 Å². The van der Waals surface area contributed by atoms with E-state index in [2.05, 4.69) is 16.0 Å². The van der Waals surface area contributed by atoms with Crippen LogP contribution in [0.1, 0.15) is 12.5 Å². The number of rotatable bonds is 5. The molecule has 0 fully saturated rings. The molecule has 0 bridgehead atoms. The summed E-state index contributed by atoms with van der Waals surface area (Å²) in [6.07, 6.45) is 1.48. The van der Waals surface area contributed by atoms with E-state index in [-0.39, 0.29) is 0 Å². The van der Waals surface area contributed by atoms with E-state index in [1.807, 2.05) is 36.6 Å². The molecular weight excluding hydrogens is 394 g/mol. The van der Waals surface area contributed by atoms with Crippen LogP contribution in [0.4, 0.5) is 0 Å². The Kier molecular flexibility index (Phi) is 5.11. The second-order valence-corrected chi connectivity index (χ2v) is 7.12. The molecule has 4 rings (SSSR count). The van der Waals surface area contributed by atoms with Gasteiger partial charge in [0.05, 0.1) is 23.6 Å². The van der Waals surface area contributed by atoms with Gasteiger partial charge in [-0.1, -0.05) is 23.7 Å². The smallest absolute Gasteiger partial charge is 0.231 e. The topological polar surface area (TPSA) is 68.0 Å². The van der Waals surface area contributed by atoms with Crippen molar-refractivity contribution in [3.63, 3.8) is 0 Å². The quantitative estimate of drug-likeness (QED) is 0.401. The van der Waals surface area contributed by atoms with Crippen LogP contribution in [0.5, 0.6) is 17.4 Å². The van der Waals surface area contributed by atoms with E-state index in [1.165, 1.54) is 17.7 Å². The Balaban J connectivity index is 1.81. The highest BCUT2D eigenvalue weighted by molar-refractivity contribution is 7.17. The number of thiophene rings is 1. The highest BCUT2D eigenvalue weighted by Gasteiger charge is 2.17. The van der Waals surface area contributed by atoms with Crippen molar-refractivity contribution in [2.75, 3.05) is 6.61 Å². The Morgan fingerprint density at radius 1 is 1.11 bits per heavy atom. The molecule has 0 aliphatic carbocycles. The lowest BCUT2D eigenvalue weighted by Gasteiger charge is -2.12. The summed E-state index contributed by atoms with van der Waals surface area (Å²) in [6.45, 7) is 2.34. The third-order valence-electron chi connectivity index (χ3n) is 4.07. The summed E-state index contributed by atoms with van der Waals surface area (Å²) in [4.78, 5) is 9.53. The summed E-state index contributed by atoms with van der Waals surface area (Å²) in [5.41, 5.74) is 2.47. The number of aromatic nitrogens is 2. The molecule has 0 spiro atoms. The maximum atomic E-state index is 9.13. The molecule has 0 amide bonds. The molecule has 7 heteroatoms. The molecule has 5 nitrogen and oxygen atoms in total. The Labute approximate surface area is 170 Å². The molecule has 138 valence electrons. The molecule has 28 heavy (non-hydrogen) atoms. The second kappa shape index (κ2) is 7.85. The normalized spacial score (nSPS) is 10.6. The van der Waals surface area contributed by atoms with Crippen molar-refractivity contribution < 1.29 is 9.47 Å². The summed E-state index contributed by atoms with van der Waals surface area (Å²) in [5.74, 6) is 1.42. The summed E-state index contributed by atoms with van der Waals surface area (Å²) in [7, 11) is 0. The lowest BCUT2D eigenvalue weighted by atomic mass is 10.1. The number of hydrogen-bond donors (Lipinski definition) is 0. The van der Waals surface area contributed by atoms with E-state index in [0.29, 0.717) is 34.6 Å². The maximum Gasteiger partial charge on any atom is 0.231 e. The van der Waals surface area contributed by atoms with Gasteiger partial charge in [-0.2, -0.15) is 5.26 Å². The first kappa shape index (κ1) is 18.2. The van der Waals surface area contributed by atoms with Crippen LogP contribution in [0.15, 0.2) is 54.2 Å². The number of nitriles is 1. The number of hydrogen-bond acceptors (Lipinski definition) is 6. The zero-order valence-electron chi connectivity index (χ0n) is 14.8. The zero-order valence-corrected chi connectivity index (χ0v) is 16.4. The molecule has 0 saturated carbocycles. The van der Waals surface area contributed by atoms with Crippen molar-refractivity contribution >= 4 is 33.2 Å². The van der Waals surface area contributed by atoms with E-state index in [9.17, 15) is 0 Å². The lowest BCUT2D eigenvalue weighted by molar-refractivity contribution is 0.320. The van der Waals surface area contributed by atoms with Gasteiger partial charge in [0.25, 0.3) is 0 Å². The van der Waals surface area contributed by atoms with Gasteiger partial charge in [-0.3, -0.25) is 0 Å².